The number of carbonyl (C=O) groups excluding carboxylic acids is 1. The van der Waals surface area contributed by atoms with Crippen LogP contribution in [-0.4, -0.2) is 19.2 Å². The van der Waals surface area contributed by atoms with Crippen LogP contribution in [0.2, 0.25) is 0 Å². The second kappa shape index (κ2) is 11.7. The van der Waals surface area contributed by atoms with E-state index in [2.05, 4.69) is 56.8 Å². The smallest absolute Gasteiger partial charge is 0.333 e. The minimum atomic E-state index is -0.360. The number of hydrogen-bond donors (Lipinski definition) is 0. The van der Waals surface area contributed by atoms with Crippen molar-refractivity contribution in [1.82, 2.24) is 0 Å². The molecule has 0 amide bonds. The van der Waals surface area contributed by atoms with E-state index in [-0.39, 0.29) is 11.4 Å². The van der Waals surface area contributed by atoms with Gasteiger partial charge in [-0.05, 0) is 72.5 Å². The second-order valence-corrected chi connectivity index (χ2v) is 11.0. The van der Waals surface area contributed by atoms with Gasteiger partial charge in [0.1, 0.15) is 5.75 Å². The molecule has 3 nitrogen and oxygen atoms in total. The van der Waals surface area contributed by atoms with Gasteiger partial charge in [0.15, 0.2) is 0 Å². The zero-order valence-electron chi connectivity index (χ0n) is 21.3. The topological polar surface area (TPSA) is 35.5 Å². The van der Waals surface area contributed by atoms with E-state index in [9.17, 15) is 4.79 Å². The third-order valence-corrected chi connectivity index (χ3v) is 7.08. The molecule has 0 saturated carbocycles. The van der Waals surface area contributed by atoms with Crippen LogP contribution in [0.5, 0.6) is 5.75 Å². The molecule has 34 heavy (non-hydrogen) atoms. The van der Waals surface area contributed by atoms with Crippen LogP contribution in [0.4, 0.5) is 0 Å². The normalized spacial score (nSPS) is 11.6. The average molecular weight is 479 g/mol. The fourth-order valence-electron chi connectivity index (χ4n) is 3.85. The number of esters is 1. The highest BCUT2D eigenvalue weighted by molar-refractivity contribution is 7.22. The lowest BCUT2D eigenvalue weighted by Crippen LogP contribution is -2.28. The lowest BCUT2D eigenvalue weighted by molar-refractivity contribution is -0.142. The molecule has 0 bridgehead atoms. The maximum atomic E-state index is 11.7. The molecule has 0 N–H and O–H groups in total. The van der Waals surface area contributed by atoms with Gasteiger partial charge in [-0.1, -0.05) is 65.3 Å². The Morgan fingerprint density at radius 3 is 2.53 bits per heavy atom. The van der Waals surface area contributed by atoms with Crippen LogP contribution in [0.3, 0.4) is 0 Å². The molecular weight excluding hydrogens is 440 g/mol. The standard InChI is InChI=1S/C30H38O3S/c1-7-9-10-11-22-12-15-26(23(8-2)16-22)28-17-24-13-14-25(18-27(24)34-28)32-19-30(5,6)20-33-29(31)21(3)4/h12-18H,3,7-11,19-20H2,1-2,4-6H3. The Hall–Kier alpha value is -2.59. The largest absolute Gasteiger partial charge is 0.493 e. The molecule has 0 aliphatic carbocycles. The Kier molecular flexibility index (Phi) is 8.96. The van der Waals surface area contributed by atoms with Gasteiger partial charge >= 0.3 is 5.97 Å². The minimum Gasteiger partial charge on any atom is -0.493 e. The molecule has 3 aromatic rings. The summed E-state index contributed by atoms with van der Waals surface area (Å²) >= 11 is 1.81. The summed E-state index contributed by atoms with van der Waals surface area (Å²) < 4.78 is 12.6. The maximum Gasteiger partial charge on any atom is 0.333 e. The summed E-state index contributed by atoms with van der Waals surface area (Å²) in [6.45, 7) is 14.6. The van der Waals surface area contributed by atoms with Gasteiger partial charge in [-0.2, -0.15) is 0 Å². The summed E-state index contributed by atoms with van der Waals surface area (Å²) in [6.07, 6.45) is 6.01. The summed E-state index contributed by atoms with van der Waals surface area (Å²) in [5.41, 5.74) is 4.32. The molecule has 1 heterocycles. The number of carbonyl (C=O) groups is 1. The quantitative estimate of drug-likeness (QED) is 0.149. The van der Waals surface area contributed by atoms with Crippen LogP contribution in [0.25, 0.3) is 20.5 Å². The molecule has 0 atom stereocenters. The van der Waals surface area contributed by atoms with Gasteiger partial charge in [0.2, 0.25) is 0 Å². The number of benzene rings is 2. The van der Waals surface area contributed by atoms with Crippen molar-refractivity contribution in [2.24, 2.45) is 5.41 Å². The zero-order valence-corrected chi connectivity index (χ0v) is 22.1. The summed E-state index contributed by atoms with van der Waals surface area (Å²) in [4.78, 5) is 13.0. The molecule has 0 saturated heterocycles. The van der Waals surface area contributed by atoms with Crippen molar-refractivity contribution < 1.29 is 14.3 Å². The first-order valence-electron chi connectivity index (χ1n) is 12.3. The first-order chi connectivity index (χ1) is 16.2. The van der Waals surface area contributed by atoms with Crippen LogP contribution in [0.15, 0.2) is 54.6 Å². The Labute approximate surface area is 208 Å². The van der Waals surface area contributed by atoms with Crippen LogP contribution in [0, 0.1) is 5.41 Å². The van der Waals surface area contributed by atoms with E-state index < -0.39 is 0 Å². The summed E-state index contributed by atoms with van der Waals surface area (Å²) in [6, 6.07) is 15.5. The molecule has 1 aromatic heterocycles. The SMILES string of the molecule is C=C(C)C(=O)OCC(C)(C)COc1ccc2cc(-c3ccc(CCCCC)cc3CC)sc2c1. The van der Waals surface area contributed by atoms with Gasteiger partial charge in [0.25, 0.3) is 0 Å². The number of unbranched alkanes of at least 4 members (excludes halogenated alkanes) is 2. The predicted molar refractivity (Wildman–Crippen MR) is 145 cm³/mol. The van der Waals surface area contributed by atoms with Crippen molar-refractivity contribution in [3.05, 3.63) is 65.7 Å². The highest BCUT2D eigenvalue weighted by Gasteiger charge is 2.22. The van der Waals surface area contributed by atoms with Gasteiger partial charge in [-0.25, -0.2) is 4.79 Å². The van der Waals surface area contributed by atoms with E-state index in [4.69, 9.17) is 9.47 Å². The van der Waals surface area contributed by atoms with Crippen LogP contribution in [-0.2, 0) is 22.4 Å². The van der Waals surface area contributed by atoms with Crippen LogP contribution >= 0.6 is 11.3 Å². The Bertz CT molecular complexity index is 1140. The summed E-state index contributed by atoms with van der Waals surface area (Å²) in [7, 11) is 0. The molecular formula is C30H38O3S. The monoisotopic (exact) mass is 478 g/mol. The van der Waals surface area contributed by atoms with Crippen LogP contribution < -0.4 is 4.74 Å². The summed E-state index contributed by atoms with van der Waals surface area (Å²) in [5.74, 6) is 0.475. The van der Waals surface area contributed by atoms with Gasteiger partial charge < -0.3 is 9.47 Å². The molecule has 0 fully saturated rings. The average Bonchev–Trinajstić information content (AvgIpc) is 3.24. The number of hydrogen-bond acceptors (Lipinski definition) is 4. The van der Waals surface area contributed by atoms with E-state index in [1.807, 2.05) is 31.3 Å². The first-order valence-corrected chi connectivity index (χ1v) is 13.1. The number of aryl methyl sites for hydroxylation is 2. The fraction of sp³-hybridized carbons (Fsp3) is 0.433. The Morgan fingerprint density at radius 2 is 1.82 bits per heavy atom. The molecule has 3 rings (SSSR count). The number of fused-ring (bicyclic) bond motifs is 1. The van der Waals surface area contributed by atoms with Crippen molar-refractivity contribution in [2.45, 2.75) is 66.7 Å². The number of rotatable bonds is 12. The van der Waals surface area contributed by atoms with Gasteiger partial charge in [0, 0.05) is 20.6 Å². The molecule has 2 aromatic carbocycles. The number of thiophene rings is 1. The Balaban J connectivity index is 1.71. The first kappa shape index (κ1) is 26.0. The van der Waals surface area contributed by atoms with Gasteiger partial charge in [-0.15, -0.1) is 11.3 Å². The maximum absolute atomic E-state index is 11.7. The molecule has 0 aliphatic heterocycles. The zero-order chi connectivity index (χ0) is 24.7. The van der Waals surface area contributed by atoms with Crippen molar-refractivity contribution in [2.75, 3.05) is 13.2 Å². The van der Waals surface area contributed by atoms with E-state index in [0.29, 0.717) is 18.8 Å². The van der Waals surface area contributed by atoms with E-state index in [1.54, 1.807) is 6.92 Å². The van der Waals surface area contributed by atoms with E-state index >= 15 is 0 Å². The lowest BCUT2D eigenvalue weighted by atomic mass is 9.96. The highest BCUT2D eigenvalue weighted by Crippen LogP contribution is 2.37. The van der Waals surface area contributed by atoms with Gasteiger partial charge in [0.05, 0.1) is 13.2 Å². The third-order valence-electron chi connectivity index (χ3n) is 5.95. The van der Waals surface area contributed by atoms with Crippen molar-refractivity contribution in [3.8, 4) is 16.2 Å². The fourth-order valence-corrected chi connectivity index (χ4v) is 5.00. The predicted octanol–water partition coefficient (Wildman–Crippen LogP) is 8.39. The van der Waals surface area contributed by atoms with Crippen molar-refractivity contribution in [1.29, 1.82) is 0 Å². The lowest BCUT2D eigenvalue weighted by Gasteiger charge is -2.24. The van der Waals surface area contributed by atoms with Crippen molar-refractivity contribution >= 4 is 27.4 Å². The van der Waals surface area contributed by atoms with Crippen molar-refractivity contribution in [3.63, 3.8) is 0 Å². The Morgan fingerprint density at radius 1 is 1.03 bits per heavy atom. The van der Waals surface area contributed by atoms with E-state index in [0.717, 1.165) is 18.6 Å². The second-order valence-electron chi connectivity index (χ2n) is 9.92. The molecule has 4 heteroatoms. The molecule has 0 unspecified atom stereocenters. The number of ether oxygens (including phenoxy) is 2. The van der Waals surface area contributed by atoms with E-state index in [1.165, 1.54) is 50.9 Å². The highest BCUT2D eigenvalue weighted by atomic mass is 32.1. The summed E-state index contributed by atoms with van der Waals surface area (Å²) in [5, 5.41) is 1.23. The molecule has 0 aliphatic rings. The molecule has 182 valence electrons. The van der Waals surface area contributed by atoms with Crippen LogP contribution in [0.1, 0.15) is 65.0 Å². The minimum absolute atomic E-state index is 0.290. The third kappa shape index (κ3) is 6.96. The van der Waals surface area contributed by atoms with Gasteiger partial charge in [-0.3, -0.25) is 0 Å². The molecule has 0 spiro atoms. The molecule has 0 radical (unpaired) electrons.